The highest BCUT2D eigenvalue weighted by Crippen LogP contribution is 2.03. The summed E-state index contributed by atoms with van der Waals surface area (Å²) < 4.78 is 2.09. The Morgan fingerprint density at radius 1 is 1.40 bits per heavy atom. The minimum atomic E-state index is -0.544. The van der Waals surface area contributed by atoms with Crippen molar-refractivity contribution < 1.29 is 9.90 Å². The summed E-state index contributed by atoms with van der Waals surface area (Å²) in [6.45, 7) is 3.66. The van der Waals surface area contributed by atoms with Crippen LogP contribution in [0.4, 0.5) is 0 Å². The van der Waals surface area contributed by atoms with Gasteiger partial charge in [0.2, 0.25) is 5.91 Å². The van der Waals surface area contributed by atoms with E-state index in [2.05, 4.69) is 5.32 Å². The topological polar surface area (TPSA) is 93.3 Å². The SMILES string of the molecule is CC(C)CC(CO)NC(=O)Cn1ccc(=O)n(C)c1=O. The van der Waals surface area contributed by atoms with Crippen molar-refractivity contribution in [2.24, 2.45) is 13.0 Å². The number of rotatable bonds is 6. The number of amides is 1. The second-order valence-electron chi connectivity index (χ2n) is 5.20. The molecule has 0 aliphatic heterocycles. The van der Waals surface area contributed by atoms with Crippen LogP contribution in [0.1, 0.15) is 20.3 Å². The zero-order valence-electron chi connectivity index (χ0n) is 12.0. The minimum Gasteiger partial charge on any atom is -0.394 e. The van der Waals surface area contributed by atoms with Crippen LogP contribution in [0.25, 0.3) is 0 Å². The molecular formula is C13H21N3O4. The highest BCUT2D eigenvalue weighted by Gasteiger charge is 2.14. The maximum absolute atomic E-state index is 11.8. The van der Waals surface area contributed by atoms with E-state index in [0.29, 0.717) is 12.3 Å². The summed E-state index contributed by atoms with van der Waals surface area (Å²) in [5, 5.41) is 11.9. The van der Waals surface area contributed by atoms with Gasteiger partial charge in [0.25, 0.3) is 5.56 Å². The van der Waals surface area contributed by atoms with E-state index in [9.17, 15) is 19.5 Å². The minimum absolute atomic E-state index is 0.147. The first-order valence-corrected chi connectivity index (χ1v) is 6.51. The fourth-order valence-corrected chi connectivity index (χ4v) is 1.91. The first-order valence-electron chi connectivity index (χ1n) is 6.51. The van der Waals surface area contributed by atoms with Crippen LogP contribution >= 0.6 is 0 Å². The normalized spacial score (nSPS) is 12.4. The van der Waals surface area contributed by atoms with Crippen LogP contribution < -0.4 is 16.6 Å². The maximum atomic E-state index is 11.8. The van der Waals surface area contributed by atoms with Crippen LogP contribution in [0, 0.1) is 5.92 Å². The molecule has 0 saturated heterocycles. The van der Waals surface area contributed by atoms with E-state index in [1.165, 1.54) is 19.3 Å². The highest BCUT2D eigenvalue weighted by atomic mass is 16.3. The molecule has 112 valence electrons. The number of nitrogens with one attached hydrogen (secondary N) is 1. The zero-order valence-corrected chi connectivity index (χ0v) is 12.0. The van der Waals surface area contributed by atoms with E-state index in [4.69, 9.17) is 0 Å². The number of hydrogen-bond acceptors (Lipinski definition) is 4. The van der Waals surface area contributed by atoms with Crippen molar-refractivity contribution in [1.82, 2.24) is 14.5 Å². The van der Waals surface area contributed by atoms with Gasteiger partial charge in [-0.05, 0) is 12.3 Å². The van der Waals surface area contributed by atoms with Crippen LogP contribution in [-0.2, 0) is 18.4 Å². The second kappa shape index (κ2) is 7.04. The zero-order chi connectivity index (χ0) is 15.3. The van der Waals surface area contributed by atoms with E-state index in [-0.39, 0.29) is 25.1 Å². The van der Waals surface area contributed by atoms with Gasteiger partial charge in [0.1, 0.15) is 6.54 Å². The number of carbonyl (C=O) groups is 1. The molecule has 1 aromatic rings. The lowest BCUT2D eigenvalue weighted by Crippen LogP contribution is -2.44. The molecule has 0 fully saturated rings. The number of hydrogen-bond donors (Lipinski definition) is 2. The molecule has 0 aliphatic carbocycles. The van der Waals surface area contributed by atoms with E-state index in [1.807, 2.05) is 13.8 Å². The Bertz CT molecular complexity index is 574. The van der Waals surface area contributed by atoms with E-state index < -0.39 is 11.2 Å². The predicted octanol–water partition coefficient (Wildman–Crippen LogP) is -0.930. The first-order chi connectivity index (χ1) is 9.35. The fourth-order valence-electron chi connectivity index (χ4n) is 1.91. The van der Waals surface area contributed by atoms with Gasteiger partial charge in [-0.1, -0.05) is 13.8 Å². The summed E-state index contributed by atoms with van der Waals surface area (Å²) >= 11 is 0. The lowest BCUT2D eigenvalue weighted by molar-refractivity contribution is -0.122. The molecule has 1 rings (SSSR count). The Morgan fingerprint density at radius 2 is 2.05 bits per heavy atom. The molecule has 1 unspecified atom stereocenters. The number of aliphatic hydroxyl groups excluding tert-OH is 1. The molecule has 1 amide bonds. The largest absolute Gasteiger partial charge is 0.394 e. The van der Waals surface area contributed by atoms with Crippen molar-refractivity contribution in [3.05, 3.63) is 33.1 Å². The molecule has 0 aliphatic rings. The third-order valence-corrected chi connectivity index (χ3v) is 2.92. The Balaban J connectivity index is 2.74. The number of aromatic nitrogens is 2. The van der Waals surface area contributed by atoms with Crippen molar-refractivity contribution in [2.75, 3.05) is 6.61 Å². The van der Waals surface area contributed by atoms with Crippen LogP contribution in [0.3, 0.4) is 0 Å². The summed E-state index contributed by atoms with van der Waals surface area (Å²) in [4.78, 5) is 34.8. The summed E-state index contributed by atoms with van der Waals surface area (Å²) in [6, 6.07) is 0.900. The quantitative estimate of drug-likeness (QED) is 0.705. The van der Waals surface area contributed by atoms with Crippen LogP contribution in [0.15, 0.2) is 21.9 Å². The molecule has 2 N–H and O–H groups in total. The van der Waals surface area contributed by atoms with Gasteiger partial charge < -0.3 is 10.4 Å². The lowest BCUT2D eigenvalue weighted by atomic mass is 10.0. The van der Waals surface area contributed by atoms with E-state index in [0.717, 1.165) is 9.13 Å². The van der Waals surface area contributed by atoms with Crippen molar-refractivity contribution in [2.45, 2.75) is 32.9 Å². The van der Waals surface area contributed by atoms with Crippen LogP contribution in [0.5, 0.6) is 0 Å². The molecule has 20 heavy (non-hydrogen) atoms. The van der Waals surface area contributed by atoms with Crippen LogP contribution in [-0.4, -0.2) is 32.8 Å². The third kappa shape index (κ3) is 4.34. The van der Waals surface area contributed by atoms with Gasteiger partial charge in [-0.15, -0.1) is 0 Å². The molecule has 0 radical (unpaired) electrons. The molecule has 0 bridgehead atoms. The molecule has 0 spiro atoms. The van der Waals surface area contributed by atoms with Gasteiger partial charge in [-0.25, -0.2) is 4.79 Å². The van der Waals surface area contributed by atoms with Gasteiger partial charge >= 0.3 is 5.69 Å². The average Bonchev–Trinajstić information content (AvgIpc) is 2.38. The summed E-state index contributed by atoms with van der Waals surface area (Å²) in [5.74, 6) is -0.0295. The smallest absolute Gasteiger partial charge is 0.331 e. The highest BCUT2D eigenvalue weighted by molar-refractivity contribution is 5.76. The summed E-state index contributed by atoms with van der Waals surface area (Å²) in [6.07, 6.45) is 1.95. The van der Waals surface area contributed by atoms with Crippen molar-refractivity contribution in [3.8, 4) is 0 Å². The maximum Gasteiger partial charge on any atom is 0.331 e. The second-order valence-corrected chi connectivity index (χ2v) is 5.20. The monoisotopic (exact) mass is 283 g/mol. The van der Waals surface area contributed by atoms with Crippen molar-refractivity contribution >= 4 is 5.91 Å². The third-order valence-electron chi connectivity index (χ3n) is 2.92. The molecule has 1 aromatic heterocycles. The molecule has 0 aromatic carbocycles. The van der Waals surface area contributed by atoms with Crippen molar-refractivity contribution in [1.29, 1.82) is 0 Å². The van der Waals surface area contributed by atoms with Crippen LogP contribution in [0.2, 0.25) is 0 Å². The molecule has 1 atom stereocenters. The van der Waals surface area contributed by atoms with E-state index >= 15 is 0 Å². The molecular weight excluding hydrogens is 262 g/mol. The van der Waals surface area contributed by atoms with Crippen molar-refractivity contribution in [3.63, 3.8) is 0 Å². The number of aliphatic hydroxyl groups is 1. The molecule has 1 heterocycles. The van der Waals surface area contributed by atoms with E-state index in [1.54, 1.807) is 0 Å². The van der Waals surface area contributed by atoms with Gasteiger partial charge in [0.15, 0.2) is 0 Å². The van der Waals surface area contributed by atoms with Gasteiger partial charge in [0, 0.05) is 19.3 Å². The molecule has 7 heteroatoms. The Kier molecular flexibility index (Phi) is 5.69. The Morgan fingerprint density at radius 3 is 2.60 bits per heavy atom. The van der Waals surface area contributed by atoms with Gasteiger partial charge in [-0.2, -0.15) is 0 Å². The first kappa shape index (κ1) is 16.2. The number of nitrogens with zero attached hydrogens (tertiary/aromatic N) is 2. The number of carbonyl (C=O) groups excluding carboxylic acids is 1. The predicted molar refractivity (Wildman–Crippen MR) is 74.4 cm³/mol. The standard InChI is InChI=1S/C13H21N3O4/c1-9(2)6-10(8-17)14-11(18)7-16-5-4-12(19)15(3)13(16)20/h4-5,9-10,17H,6-8H2,1-3H3,(H,14,18). The van der Waals surface area contributed by atoms with Gasteiger partial charge in [-0.3, -0.25) is 18.7 Å². The Hall–Kier alpha value is -1.89. The lowest BCUT2D eigenvalue weighted by Gasteiger charge is -2.18. The summed E-state index contributed by atoms with van der Waals surface area (Å²) in [7, 11) is 1.36. The fraction of sp³-hybridized carbons (Fsp3) is 0.615. The molecule has 7 nitrogen and oxygen atoms in total. The molecule has 0 saturated carbocycles. The Labute approximate surface area is 116 Å². The van der Waals surface area contributed by atoms with Gasteiger partial charge in [0.05, 0.1) is 12.6 Å². The summed E-state index contributed by atoms with van der Waals surface area (Å²) in [5.41, 5.74) is -0.961. The average molecular weight is 283 g/mol.